The summed E-state index contributed by atoms with van der Waals surface area (Å²) in [4.78, 5) is 4.57. The maximum absolute atomic E-state index is 4.57. The molecule has 0 saturated heterocycles. The molecule has 3 nitrogen and oxygen atoms in total. The Labute approximate surface area is 97.3 Å². The van der Waals surface area contributed by atoms with E-state index >= 15 is 0 Å². The van der Waals surface area contributed by atoms with Gasteiger partial charge in [0.05, 0.1) is 12.0 Å². The van der Waals surface area contributed by atoms with Gasteiger partial charge >= 0.3 is 0 Å². The molecule has 1 aliphatic heterocycles. The van der Waals surface area contributed by atoms with Crippen LogP contribution in [0.1, 0.15) is 50.0 Å². The lowest BCUT2D eigenvalue weighted by Crippen LogP contribution is -2.28. The predicted octanol–water partition coefficient (Wildman–Crippen LogP) is 2.28. The molecule has 0 radical (unpaired) electrons. The number of aromatic nitrogens is 2. The Morgan fingerprint density at radius 1 is 1.38 bits per heavy atom. The third kappa shape index (κ3) is 1.67. The number of rotatable bonds is 1. The molecule has 16 heavy (non-hydrogen) atoms. The van der Waals surface area contributed by atoms with Gasteiger partial charge in [0.2, 0.25) is 0 Å². The van der Waals surface area contributed by atoms with E-state index in [1.54, 1.807) is 0 Å². The average Bonchev–Trinajstić information content (AvgIpc) is 2.74. The minimum Gasteiger partial charge on any atom is -0.331 e. The molecule has 1 N–H and O–H groups in total. The average molecular weight is 219 g/mol. The molecule has 3 rings (SSSR count). The van der Waals surface area contributed by atoms with Crippen LogP contribution in [0.15, 0.2) is 6.33 Å². The number of fused-ring (bicyclic) bond motifs is 1. The van der Waals surface area contributed by atoms with Gasteiger partial charge in [-0.1, -0.05) is 19.8 Å². The van der Waals surface area contributed by atoms with Crippen LogP contribution in [0.4, 0.5) is 0 Å². The molecule has 1 aliphatic carbocycles. The van der Waals surface area contributed by atoms with E-state index in [0.717, 1.165) is 25.4 Å². The van der Waals surface area contributed by atoms with E-state index in [-0.39, 0.29) is 0 Å². The summed E-state index contributed by atoms with van der Waals surface area (Å²) in [6.07, 6.45) is 8.77. The number of hydrogen-bond acceptors (Lipinski definition) is 2. The van der Waals surface area contributed by atoms with Crippen LogP contribution >= 0.6 is 0 Å². The van der Waals surface area contributed by atoms with Crippen molar-refractivity contribution < 1.29 is 0 Å². The fourth-order valence-corrected chi connectivity index (χ4v) is 3.26. The van der Waals surface area contributed by atoms with Gasteiger partial charge in [0.25, 0.3) is 0 Å². The van der Waals surface area contributed by atoms with Crippen LogP contribution < -0.4 is 5.32 Å². The van der Waals surface area contributed by atoms with Crippen LogP contribution in [-0.4, -0.2) is 16.1 Å². The van der Waals surface area contributed by atoms with Crippen LogP contribution in [0.3, 0.4) is 0 Å². The molecule has 0 spiro atoms. The molecular weight excluding hydrogens is 198 g/mol. The Morgan fingerprint density at radius 2 is 2.25 bits per heavy atom. The lowest BCUT2D eigenvalue weighted by atomic mass is 9.85. The highest BCUT2D eigenvalue weighted by atomic mass is 15.1. The zero-order valence-electron chi connectivity index (χ0n) is 10.1. The first kappa shape index (κ1) is 10.3. The molecule has 1 aromatic rings. The lowest BCUT2D eigenvalue weighted by Gasteiger charge is -2.31. The number of nitrogens with one attached hydrogen (secondary N) is 1. The van der Waals surface area contributed by atoms with Crippen molar-refractivity contribution in [2.45, 2.75) is 51.6 Å². The van der Waals surface area contributed by atoms with Crippen LogP contribution in [0, 0.1) is 5.92 Å². The summed E-state index contributed by atoms with van der Waals surface area (Å²) in [6, 6.07) is 0.711. The van der Waals surface area contributed by atoms with Crippen LogP contribution in [-0.2, 0) is 13.0 Å². The fraction of sp³-hybridized carbons (Fsp3) is 0.769. The summed E-state index contributed by atoms with van der Waals surface area (Å²) in [5.41, 5.74) is 2.78. The zero-order valence-corrected chi connectivity index (χ0v) is 10.1. The van der Waals surface area contributed by atoms with E-state index in [9.17, 15) is 0 Å². The van der Waals surface area contributed by atoms with E-state index in [1.165, 1.54) is 37.1 Å². The molecule has 0 bridgehead atoms. The van der Waals surface area contributed by atoms with E-state index < -0.39 is 0 Å². The molecule has 88 valence electrons. The van der Waals surface area contributed by atoms with Crippen molar-refractivity contribution in [3.63, 3.8) is 0 Å². The number of hydrogen-bond donors (Lipinski definition) is 1. The molecule has 0 aromatic carbocycles. The molecule has 1 saturated carbocycles. The smallest absolute Gasteiger partial charge is 0.0954 e. The molecule has 2 atom stereocenters. The summed E-state index contributed by atoms with van der Waals surface area (Å²) < 4.78 is 2.49. The minimum atomic E-state index is 0.711. The second-order valence-corrected chi connectivity index (χ2v) is 5.30. The normalized spacial score (nSPS) is 30.1. The van der Waals surface area contributed by atoms with E-state index in [2.05, 4.69) is 28.1 Å². The second-order valence-electron chi connectivity index (χ2n) is 5.30. The Kier molecular flexibility index (Phi) is 2.72. The highest BCUT2D eigenvalue weighted by Crippen LogP contribution is 2.35. The molecule has 3 heteroatoms. The highest BCUT2D eigenvalue weighted by molar-refractivity contribution is 5.17. The Balaban J connectivity index is 1.90. The third-order valence-corrected chi connectivity index (χ3v) is 4.24. The third-order valence-electron chi connectivity index (χ3n) is 4.24. The van der Waals surface area contributed by atoms with Crippen LogP contribution in [0.5, 0.6) is 0 Å². The van der Waals surface area contributed by atoms with Gasteiger partial charge in [-0.2, -0.15) is 0 Å². The van der Waals surface area contributed by atoms with Crippen molar-refractivity contribution in [3.8, 4) is 0 Å². The van der Waals surface area contributed by atoms with Crippen molar-refractivity contribution in [2.24, 2.45) is 5.92 Å². The summed E-state index contributed by atoms with van der Waals surface area (Å²) in [7, 11) is 0. The van der Waals surface area contributed by atoms with Crippen molar-refractivity contribution in [1.82, 2.24) is 14.9 Å². The highest BCUT2D eigenvalue weighted by Gasteiger charge is 2.26. The van der Waals surface area contributed by atoms with Crippen molar-refractivity contribution in [3.05, 3.63) is 17.7 Å². The molecule has 1 aromatic heterocycles. The van der Waals surface area contributed by atoms with Gasteiger partial charge in [-0.15, -0.1) is 0 Å². The molecule has 0 amide bonds. The van der Waals surface area contributed by atoms with Gasteiger partial charge < -0.3 is 9.88 Å². The van der Waals surface area contributed by atoms with Gasteiger partial charge in [-0.05, 0) is 18.8 Å². The number of nitrogens with zero attached hydrogens (tertiary/aromatic N) is 2. The van der Waals surface area contributed by atoms with Gasteiger partial charge in [0.15, 0.2) is 0 Å². The minimum absolute atomic E-state index is 0.711. The first-order chi connectivity index (χ1) is 7.86. The quantitative estimate of drug-likeness (QED) is 0.785. The largest absolute Gasteiger partial charge is 0.331 e. The Morgan fingerprint density at radius 3 is 3.12 bits per heavy atom. The summed E-state index contributed by atoms with van der Waals surface area (Å²) in [5.74, 6) is 0.821. The van der Waals surface area contributed by atoms with Crippen molar-refractivity contribution >= 4 is 0 Å². The standard InChI is InChI=1S/C13H21N3/c1-10-4-2-3-5-12(10)16-9-15-11-8-14-7-6-13(11)16/h9-10,12,14H,2-8H2,1H3. The fourth-order valence-electron chi connectivity index (χ4n) is 3.26. The molecule has 2 unspecified atom stereocenters. The molecule has 1 fully saturated rings. The van der Waals surface area contributed by atoms with Gasteiger partial charge in [0.1, 0.15) is 0 Å². The first-order valence-electron chi connectivity index (χ1n) is 6.61. The predicted molar refractivity (Wildman–Crippen MR) is 64.3 cm³/mol. The lowest BCUT2D eigenvalue weighted by molar-refractivity contribution is 0.252. The van der Waals surface area contributed by atoms with Crippen molar-refractivity contribution in [1.29, 1.82) is 0 Å². The van der Waals surface area contributed by atoms with E-state index in [0.29, 0.717) is 6.04 Å². The first-order valence-corrected chi connectivity index (χ1v) is 6.61. The Hall–Kier alpha value is -0.830. The van der Waals surface area contributed by atoms with E-state index in [4.69, 9.17) is 0 Å². The number of imidazole rings is 1. The molecule has 2 aliphatic rings. The van der Waals surface area contributed by atoms with E-state index in [1.807, 2.05) is 0 Å². The van der Waals surface area contributed by atoms with Crippen LogP contribution in [0.2, 0.25) is 0 Å². The zero-order chi connectivity index (χ0) is 11.0. The van der Waals surface area contributed by atoms with Crippen molar-refractivity contribution in [2.75, 3.05) is 6.54 Å². The Bertz CT molecular complexity index is 369. The van der Waals surface area contributed by atoms with Crippen LogP contribution in [0.25, 0.3) is 0 Å². The van der Waals surface area contributed by atoms with Gasteiger partial charge in [-0.25, -0.2) is 4.98 Å². The maximum atomic E-state index is 4.57. The topological polar surface area (TPSA) is 29.9 Å². The maximum Gasteiger partial charge on any atom is 0.0954 e. The molecular formula is C13H21N3. The SMILES string of the molecule is CC1CCCCC1n1cnc2c1CCNC2. The summed E-state index contributed by atoms with van der Waals surface area (Å²) in [6.45, 7) is 4.47. The second kappa shape index (κ2) is 4.21. The van der Waals surface area contributed by atoms with Gasteiger partial charge in [-0.3, -0.25) is 0 Å². The summed E-state index contributed by atoms with van der Waals surface area (Å²) >= 11 is 0. The molecule has 2 heterocycles. The monoisotopic (exact) mass is 219 g/mol. The summed E-state index contributed by atoms with van der Waals surface area (Å²) in [5, 5.41) is 3.39. The van der Waals surface area contributed by atoms with Gasteiger partial charge in [0, 0.05) is 31.2 Å².